The van der Waals surface area contributed by atoms with E-state index in [4.69, 9.17) is 4.42 Å². The molecule has 0 saturated heterocycles. The van der Waals surface area contributed by atoms with Crippen LogP contribution in [0.15, 0.2) is 180 Å². The Kier molecular flexibility index (Phi) is 6.56. The average Bonchev–Trinajstić information content (AvgIpc) is 3.69. The SMILES string of the molecule is CC1(C)c2cc(N(c3ccc(-c4ccccc4)cc3)c3ccccc3-c3ccccc3)ccc2-c2c1c1ccccc1c1c2oc2ccccc21. The lowest BCUT2D eigenvalue weighted by molar-refractivity contribution is 0.658. The smallest absolute Gasteiger partial charge is 0.144 e. The second-order valence-electron chi connectivity index (χ2n) is 14.1. The summed E-state index contributed by atoms with van der Waals surface area (Å²) in [6, 6.07) is 63.4. The van der Waals surface area contributed by atoms with Gasteiger partial charge in [-0.3, -0.25) is 0 Å². The topological polar surface area (TPSA) is 16.4 Å². The van der Waals surface area contributed by atoms with Crippen molar-refractivity contribution in [2.45, 2.75) is 19.3 Å². The van der Waals surface area contributed by atoms with Crippen molar-refractivity contribution in [2.75, 3.05) is 4.90 Å². The van der Waals surface area contributed by atoms with Crippen LogP contribution in [0.25, 0.3) is 66.1 Å². The lowest BCUT2D eigenvalue weighted by Crippen LogP contribution is -2.17. The minimum atomic E-state index is -0.269. The predicted octanol–water partition coefficient (Wildman–Crippen LogP) is 13.8. The molecule has 8 aromatic carbocycles. The second-order valence-corrected chi connectivity index (χ2v) is 14.1. The molecule has 0 N–H and O–H groups in total. The van der Waals surface area contributed by atoms with E-state index in [-0.39, 0.29) is 5.41 Å². The molecule has 242 valence electrons. The number of rotatable bonds is 5. The van der Waals surface area contributed by atoms with Gasteiger partial charge in [-0.05, 0) is 80.6 Å². The van der Waals surface area contributed by atoms with Gasteiger partial charge in [0.1, 0.15) is 11.2 Å². The van der Waals surface area contributed by atoms with Crippen LogP contribution < -0.4 is 4.90 Å². The van der Waals surface area contributed by atoms with Crippen LogP contribution in [0.4, 0.5) is 17.1 Å². The molecule has 0 amide bonds. The van der Waals surface area contributed by atoms with Crippen molar-refractivity contribution in [3.8, 4) is 33.4 Å². The summed E-state index contributed by atoms with van der Waals surface area (Å²) in [7, 11) is 0. The van der Waals surface area contributed by atoms with Crippen LogP contribution in [0.1, 0.15) is 25.0 Å². The van der Waals surface area contributed by atoms with E-state index >= 15 is 0 Å². The minimum absolute atomic E-state index is 0.269. The summed E-state index contributed by atoms with van der Waals surface area (Å²) in [5.74, 6) is 0. The predicted molar refractivity (Wildman–Crippen MR) is 214 cm³/mol. The average molecular weight is 654 g/mol. The van der Waals surface area contributed by atoms with Crippen molar-refractivity contribution >= 4 is 49.8 Å². The Labute approximate surface area is 297 Å². The zero-order valence-corrected chi connectivity index (χ0v) is 28.6. The van der Waals surface area contributed by atoms with Crippen molar-refractivity contribution in [3.63, 3.8) is 0 Å². The van der Waals surface area contributed by atoms with E-state index in [9.17, 15) is 0 Å². The van der Waals surface area contributed by atoms with Gasteiger partial charge in [-0.25, -0.2) is 0 Å². The fourth-order valence-corrected chi connectivity index (χ4v) is 8.49. The van der Waals surface area contributed by atoms with Gasteiger partial charge >= 0.3 is 0 Å². The first kappa shape index (κ1) is 29.5. The van der Waals surface area contributed by atoms with Gasteiger partial charge in [-0.1, -0.05) is 153 Å². The van der Waals surface area contributed by atoms with Crippen molar-refractivity contribution in [1.82, 2.24) is 0 Å². The molecule has 0 unspecified atom stereocenters. The maximum absolute atomic E-state index is 6.77. The van der Waals surface area contributed by atoms with E-state index in [1.165, 1.54) is 60.7 Å². The number of benzene rings is 8. The third-order valence-corrected chi connectivity index (χ3v) is 10.8. The van der Waals surface area contributed by atoms with Gasteiger partial charge in [0.15, 0.2) is 0 Å². The fraction of sp³-hybridized carbons (Fsp3) is 0.0612. The van der Waals surface area contributed by atoms with Crippen LogP contribution in [0, 0.1) is 0 Å². The van der Waals surface area contributed by atoms with E-state index in [2.05, 4.69) is 195 Å². The third-order valence-electron chi connectivity index (χ3n) is 10.8. The van der Waals surface area contributed by atoms with E-state index in [0.29, 0.717) is 0 Å². The highest BCUT2D eigenvalue weighted by molar-refractivity contribution is 6.25. The van der Waals surface area contributed by atoms with E-state index in [0.717, 1.165) is 33.6 Å². The zero-order valence-electron chi connectivity index (χ0n) is 28.6. The van der Waals surface area contributed by atoms with Crippen molar-refractivity contribution in [3.05, 3.63) is 187 Å². The van der Waals surface area contributed by atoms with Crippen LogP contribution in [0.3, 0.4) is 0 Å². The van der Waals surface area contributed by atoms with Crippen LogP contribution in [0.5, 0.6) is 0 Å². The lowest BCUT2D eigenvalue weighted by atomic mass is 9.79. The molecule has 9 aromatic rings. The molecule has 0 spiro atoms. The van der Waals surface area contributed by atoms with Crippen molar-refractivity contribution in [2.24, 2.45) is 0 Å². The van der Waals surface area contributed by atoms with Crippen molar-refractivity contribution in [1.29, 1.82) is 0 Å². The Hall–Kier alpha value is -6.38. The van der Waals surface area contributed by atoms with Gasteiger partial charge in [0.05, 0.1) is 5.69 Å². The molecule has 1 aromatic heterocycles. The number of para-hydroxylation sites is 2. The second kappa shape index (κ2) is 11.3. The Morgan fingerprint density at radius 1 is 0.471 bits per heavy atom. The molecule has 0 fully saturated rings. The van der Waals surface area contributed by atoms with E-state index in [1.54, 1.807) is 0 Å². The summed E-state index contributed by atoms with van der Waals surface area (Å²) in [4.78, 5) is 2.42. The largest absolute Gasteiger partial charge is 0.455 e. The molecule has 0 aliphatic heterocycles. The van der Waals surface area contributed by atoms with Gasteiger partial charge in [-0.15, -0.1) is 0 Å². The zero-order chi connectivity index (χ0) is 34.1. The Balaban J connectivity index is 1.21. The number of nitrogens with zero attached hydrogens (tertiary/aromatic N) is 1. The standard InChI is InChI=1S/C49H35NO/c1-49(2)42-31-36(29-30-40(42)46-47(49)39-21-10-9-20-38(39)45-41-22-12-14-24-44(41)51-48(45)46)50(35-27-25-33(26-28-35)32-15-5-3-6-16-32)43-23-13-11-19-37(43)34-17-7-4-8-18-34/h3-31H,1-2H3. The van der Waals surface area contributed by atoms with Crippen LogP contribution >= 0.6 is 0 Å². The molecule has 0 atom stereocenters. The van der Waals surface area contributed by atoms with Crippen LogP contribution in [0.2, 0.25) is 0 Å². The van der Waals surface area contributed by atoms with Crippen molar-refractivity contribution < 1.29 is 4.42 Å². The molecule has 0 bridgehead atoms. The number of fused-ring (bicyclic) bond motifs is 10. The normalized spacial score (nSPS) is 13.1. The van der Waals surface area contributed by atoms with Gasteiger partial charge in [0.2, 0.25) is 0 Å². The number of hydrogen-bond acceptors (Lipinski definition) is 2. The summed E-state index contributed by atoms with van der Waals surface area (Å²) in [5, 5.41) is 4.90. The first-order valence-corrected chi connectivity index (χ1v) is 17.7. The molecule has 1 aliphatic rings. The molecule has 2 heteroatoms. The highest BCUT2D eigenvalue weighted by Crippen LogP contribution is 2.57. The monoisotopic (exact) mass is 653 g/mol. The molecule has 0 radical (unpaired) electrons. The van der Waals surface area contributed by atoms with Crippen LogP contribution in [-0.2, 0) is 5.41 Å². The first-order valence-electron chi connectivity index (χ1n) is 17.7. The molecule has 2 nitrogen and oxygen atoms in total. The number of hydrogen-bond donors (Lipinski definition) is 0. The quantitative estimate of drug-likeness (QED) is 0.184. The summed E-state index contributed by atoms with van der Waals surface area (Å²) >= 11 is 0. The Morgan fingerprint density at radius 3 is 1.82 bits per heavy atom. The van der Waals surface area contributed by atoms with Gasteiger partial charge < -0.3 is 9.32 Å². The first-order chi connectivity index (χ1) is 25.1. The fourth-order valence-electron chi connectivity index (χ4n) is 8.49. The highest BCUT2D eigenvalue weighted by atomic mass is 16.3. The van der Waals surface area contributed by atoms with Gasteiger partial charge in [-0.2, -0.15) is 0 Å². The summed E-state index contributed by atoms with van der Waals surface area (Å²) in [6.45, 7) is 4.75. The van der Waals surface area contributed by atoms with Gasteiger partial charge in [0.25, 0.3) is 0 Å². The number of furan rings is 1. The Bertz CT molecular complexity index is 2760. The lowest BCUT2D eigenvalue weighted by Gasteiger charge is -2.30. The molecule has 51 heavy (non-hydrogen) atoms. The van der Waals surface area contributed by atoms with Gasteiger partial charge in [0, 0.05) is 38.7 Å². The molecular weight excluding hydrogens is 619 g/mol. The summed E-state index contributed by atoms with van der Waals surface area (Å²) in [5.41, 5.74) is 14.9. The Morgan fingerprint density at radius 2 is 1.06 bits per heavy atom. The van der Waals surface area contributed by atoms with Crippen LogP contribution in [-0.4, -0.2) is 0 Å². The molecule has 0 saturated carbocycles. The molecule has 1 heterocycles. The minimum Gasteiger partial charge on any atom is -0.455 e. The highest BCUT2D eigenvalue weighted by Gasteiger charge is 2.40. The maximum atomic E-state index is 6.77. The van der Waals surface area contributed by atoms with E-state index < -0.39 is 0 Å². The number of anilines is 3. The molecule has 1 aliphatic carbocycles. The maximum Gasteiger partial charge on any atom is 0.144 e. The molecular formula is C49H35NO. The summed E-state index contributed by atoms with van der Waals surface area (Å²) in [6.07, 6.45) is 0. The van der Waals surface area contributed by atoms with E-state index in [1.807, 2.05) is 0 Å². The molecule has 10 rings (SSSR count). The summed E-state index contributed by atoms with van der Waals surface area (Å²) < 4.78 is 6.77. The third kappa shape index (κ3) is 4.50.